The van der Waals surface area contributed by atoms with Crippen LogP contribution in [0.25, 0.3) is 22.3 Å². The number of aryl methyl sites for hydroxylation is 1. The van der Waals surface area contributed by atoms with Gasteiger partial charge in [-0.3, -0.25) is 4.79 Å². The van der Waals surface area contributed by atoms with Crippen LogP contribution in [0, 0.1) is 6.92 Å². The number of hydrogen-bond donors (Lipinski definition) is 1. The van der Waals surface area contributed by atoms with E-state index in [0.29, 0.717) is 12.4 Å². The number of carbonyl (C=O) groups is 1. The van der Waals surface area contributed by atoms with Crippen molar-refractivity contribution in [2.75, 3.05) is 11.9 Å². The molecule has 29 heavy (non-hydrogen) atoms. The van der Waals surface area contributed by atoms with E-state index < -0.39 is 8.07 Å². The van der Waals surface area contributed by atoms with E-state index in [1.807, 2.05) is 48.0 Å². The van der Waals surface area contributed by atoms with Gasteiger partial charge in [0.05, 0.1) is 16.9 Å². The van der Waals surface area contributed by atoms with Crippen LogP contribution in [0.4, 0.5) is 5.69 Å². The normalized spacial score (nSPS) is 11.6. The van der Waals surface area contributed by atoms with E-state index in [1.54, 1.807) is 0 Å². The first kappa shape index (κ1) is 20.9. The topological polar surface area (TPSA) is 69.0 Å². The molecule has 0 radical (unpaired) electrons. The lowest BCUT2D eigenvalue weighted by molar-refractivity contribution is -0.111. The van der Waals surface area contributed by atoms with Gasteiger partial charge in [0.1, 0.15) is 12.2 Å². The molecule has 0 aliphatic heterocycles. The Kier molecular flexibility index (Phi) is 6.29. The smallest absolute Gasteiger partial charge is 0.247 e. The molecule has 2 aromatic heterocycles. The Hall–Kier alpha value is -2.77. The fourth-order valence-electron chi connectivity index (χ4n) is 2.95. The molecule has 0 fully saturated rings. The van der Waals surface area contributed by atoms with Gasteiger partial charge in [-0.25, -0.2) is 9.67 Å². The van der Waals surface area contributed by atoms with Crippen LogP contribution in [0.15, 0.2) is 49.1 Å². The summed E-state index contributed by atoms with van der Waals surface area (Å²) >= 11 is 0. The average Bonchev–Trinajstić information content (AvgIpc) is 3.00. The first-order valence-corrected chi connectivity index (χ1v) is 13.4. The Morgan fingerprint density at radius 3 is 2.79 bits per heavy atom. The SMILES string of the molecule is C=CC(=O)Nc1cccc(-c2ccc3c(n2)c(C)nn3COCC[Si](C)(C)C)c1. The van der Waals surface area contributed by atoms with Gasteiger partial charge in [0, 0.05) is 25.9 Å². The number of benzene rings is 1. The molecule has 7 heteroatoms. The number of carbonyl (C=O) groups excluding carboxylic acids is 1. The summed E-state index contributed by atoms with van der Waals surface area (Å²) in [5.74, 6) is -0.239. The Labute approximate surface area is 172 Å². The molecule has 0 unspecified atom stereocenters. The molecule has 1 N–H and O–H groups in total. The van der Waals surface area contributed by atoms with Crippen LogP contribution in [-0.2, 0) is 16.3 Å². The third-order valence-corrected chi connectivity index (χ3v) is 6.29. The number of nitrogens with one attached hydrogen (secondary N) is 1. The van der Waals surface area contributed by atoms with Crippen LogP contribution in [-0.4, -0.2) is 35.4 Å². The molecule has 6 nitrogen and oxygen atoms in total. The maximum absolute atomic E-state index is 11.5. The van der Waals surface area contributed by atoms with Crippen molar-refractivity contribution in [2.24, 2.45) is 0 Å². The van der Waals surface area contributed by atoms with E-state index in [9.17, 15) is 4.79 Å². The zero-order valence-corrected chi connectivity index (χ0v) is 18.5. The van der Waals surface area contributed by atoms with Gasteiger partial charge in [0.25, 0.3) is 0 Å². The van der Waals surface area contributed by atoms with Gasteiger partial charge in [-0.05, 0) is 43.3 Å². The number of nitrogens with zero attached hydrogens (tertiary/aromatic N) is 3. The van der Waals surface area contributed by atoms with Crippen molar-refractivity contribution in [1.29, 1.82) is 0 Å². The number of ether oxygens (including phenoxy) is 1. The molecule has 1 amide bonds. The number of amides is 1. The van der Waals surface area contributed by atoms with Crippen LogP contribution in [0.2, 0.25) is 25.7 Å². The summed E-state index contributed by atoms with van der Waals surface area (Å²) in [7, 11) is -1.11. The van der Waals surface area contributed by atoms with E-state index in [2.05, 4.69) is 36.6 Å². The number of aromatic nitrogens is 3. The first-order chi connectivity index (χ1) is 13.8. The molecule has 152 valence electrons. The second-order valence-corrected chi connectivity index (χ2v) is 13.9. The zero-order valence-electron chi connectivity index (χ0n) is 17.5. The molecule has 0 saturated heterocycles. The van der Waals surface area contributed by atoms with Gasteiger partial charge in [0.15, 0.2) is 0 Å². The minimum Gasteiger partial charge on any atom is -0.360 e. The highest BCUT2D eigenvalue weighted by Gasteiger charge is 2.14. The molecule has 1 aromatic carbocycles. The Bertz CT molecular complexity index is 1040. The molecule has 0 bridgehead atoms. The highest BCUT2D eigenvalue weighted by atomic mass is 28.3. The fraction of sp³-hybridized carbons (Fsp3) is 0.318. The number of pyridine rings is 1. The second-order valence-electron chi connectivity index (χ2n) is 8.27. The highest BCUT2D eigenvalue weighted by Crippen LogP contribution is 2.25. The van der Waals surface area contributed by atoms with Crippen LogP contribution in [0.5, 0.6) is 0 Å². The van der Waals surface area contributed by atoms with E-state index in [4.69, 9.17) is 9.72 Å². The third-order valence-electron chi connectivity index (χ3n) is 4.59. The van der Waals surface area contributed by atoms with Gasteiger partial charge in [-0.2, -0.15) is 5.10 Å². The summed E-state index contributed by atoms with van der Waals surface area (Å²) in [4.78, 5) is 16.4. The monoisotopic (exact) mass is 408 g/mol. The molecule has 0 aliphatic carbocycles. The molecular weight excluding hydrogens is 380 g/mol. The van der Waals surface area contributed by atoms with Gasteiger partial charge in [0.2, 0.25) is 5.91 Å². The minimum absolute atomic E-state index is 0.239. The maximum atomic E-state index is 11.5. The molecule has 2 heterocycles. The molecular formula is C22H28N4O2Si. The fourth-order valence-corrected chi connectivity index (χ4v) is 3.70. The quantitative estimate of drug-likeness (QED) is 0.329. The van der Waals surface area contributed by atoms with Crippen molar-refractivity contribution in [1.82, 2.24) is 14.8 Å². The largest absolute Gasteiger partial charge is 0.360 e. The van der Waals surface area contributed by atoms with Gasteiger partial charge < -0.3 is 10.1 Å². The van der Waals surface area contributed by atoms with Crippen molar-refractivity contribution in [2.45, 2.75) is 39.3 Å². The van der Waals surface area contributed by atoms with Gasteiger partial charge >= 0.3 is 0 Å². The second kappa shape index (κ2) is 8.71. The van der Waals surface area contributed by atoms with Crippen LogP contribution in [0.3, 0.4) is 0 Å². The van der Waals surface area contributed by atoms with E-state index in [0.717, 1.165) is 40.6 Å². The predicted molar refractivity (Wildman–Crippen MR) is 121 cm³/mol. The van der Waals surface area contributed by atoms with E-state index >= 15 is 0 Å². The summed E-state index contributed by atoms with van der Waals surface area (Å²) in [6.07, 6.45) is 1.25. The van der Waals surface area contributed by atoms with Crippen molar-refractivity contribution in [3.8, 4) is 11.3 Å². The Morgan fingerprint density at radius 2 is 2.07 bits per heavy atom. The van der Waals surface area contributed by atoms with Crippen molar-refractivity contribution in [3.63, 3.8) is 0 Å². The molecule has 0 atom stereocenters. The van der Waals surface area contributed by atoms with Crippen molar-refractivity contribution in [3.05, 3.63) is 54.7 Å². The lowest BCUT2D eigenvalue weighted by Gasteiger charge is -2.15. The number of fused-ring (bicyclic) bond motifs is 1. The molecule has 3 rings (SSSR count). The summed E-state index contributed by atoms with van der Waals surface area (Å²) in [5.41, 5.74) is 5.14. The lowest BCUT2D eigenvalue weighted by Crippen LogP contribution is -2.22. The third kappa shape index (κ3) is 5.39. The standard InChI is InChI=1S/C22H28N4O2Si/c1-6-21(27)23-18-9-7-8-17(14-18)19-10-11-20-22(24-19)16(2)25-26(20)15-28-12-13-29(3,4)5/h6-11,14H,1,12-13,15H2,2-5H3,(H,23,27). The first-order valence-electron chi connectivity index (χ1n) is 9.72. The van der Waals surface area contributed by atoms with Crippen LogP contribution in [0.1, 0.15) is 5.69 Å². The summed E-state index contributed by atoms with van der Waals surface area (Å²) < 4.78 is 7.72. The highest BCUT2D eigenvalue weighted by molar-refractivity contribution is 6.76. The van der Waals surface area contributed by atoms with Crippen LogP contribution >= 0.6 is 0 Å². The Balaban J connectivity index is 1.80. The van der Waals surface area contributed by atoms with Crippen molar-refractivity contribution >= 4 is 30.7 Å². The molecule has 0 spiro atoms. The van der Waals surface area contributed by atoms with E-state index in [1.165, 1.54) is 6.08 Å². The zero-order chi connectivity index (χ0) is 21.0. The predicted octanol–water partition coefficient (Wildman–Crippen LogP) is 4.84. The molecule has 3 aromatic rings. The van der Waals surface area contributed by atoms with Gasteiger partial charge in [-0.15, -0.1) is 0 Å². The average molecular weight is 409 g/mol. The lowest BCUT2D eigenvalue weighted by atomic mass is 10.1. The summed E-state index contributed by atoms with van der Waals surface area (Å²) in [6.45, 7) is 13.6. The maximum Gasteiger partial charge on any atom is 0.247 e. The van der Waals surface area contributed by atoms with Gasteiger partial charge in [-0.1, -0.05) is 38.4 Å². The molecule has 0 aliphatic rings. The minimum atomic E-state index is -1.11. The summed E-state index contributed by atoms with van der Waals surface area (Å²) in [5, 5.41) is 7.38. The van der Waals surface area contributed by atoms with Crippen molar-refractivity contribution < 1.29 is 9.53 Å². The number of rotatable bonds is 8. The number of anilines is 1. The molecule has 0 saturated carbocycles. The van der Waals surface area contributed by atoms with E-state index in [-0.39, 0.29) is 5.91 Å². The summed E-state index contributed by atoms with van der Waals surface area (Å²) in [6, 6.07) is 12.7. The Morgan fingerprint density at radius 1 is 1.28 bits per heavy atom. The number of hydrogen-bond acceptors (Lipinski definition) is 4. The van der Waals surface area contributed by atoms with Crippen LogP contribution < -0.4 is 5.32 Å².